The number of benzene rings is 1. The molecule has 0 radical (unpaired) electrons. The van der Waals surface area contributed by atoms with Crippen molar-refractivity contribution in [2.75, 3.05) is 13.7 Å². The molecule has 1 aromatic carbocycles. The summed E-state index contributed by atoms with van der Waals surface area (Å²) in [5, 5.41) is 9.88. The molecule has 1 saturated carbocycles. The van der Waals surface area contributed by atoms with E-state index in [1.165, 1.54) is 18.9 Å². The number of hydrogen-bond acceptors (Lipinski definition) is 3. The molecule has 0 heterocycles. The molecule has 1 fully saturated rings. The molecule has 104 valence electrons. The van der Waals surface area contributed by atoms with Crippen molar-refractivity contribution in [3.63, 3.8) is 0 Å². The lowest BCUT2D eigenvalue weighted by Crippen LogP contribution is -2.38. The summed E-state index contributed by atoms with van der Waals surface area (Å²) in [5.74, 6) is 1.08. The van der Waals surface area contributed by atoms with Crippen LogP contribution in [0, 0.1) is 5.92 Å². The smallest absolute Gasteiger partial charge is 0.257 e. The number of hydrogen-bond donors (Lipinski definition) is 1. The number of rotatable bonds is 5. The van der Waals surface area contributed by atoms with Crippen LogP contribution in [-0.2, 0) is 0 Å². The Morgan fingerprint density at radius 2 is 2.16 bits per heavy atom. The lowest BCUT2D eigenvalue weighted by Gasteiger charge is -2.27. The Morgan fingerprint density at radius 1 is 1.47 bits per heavy atom. The number of amides is 1. The van der Waals surface area contributed by atoms with E-state index in [0.29, 0.717) is 17.2 Å². The minimum absolute atomic E-state index is 0.00671. The summed E-state index contributed by atoms with van der Waals surface area (Å²) in [6.07, 6.45) is 2.39. The van der Waals surface area contributed by atoms with Gasteiger partial charge in [-0.15, -0.1) is 0 Å². The largest absolute Gasteiger partial charge is 0.507 e. The molecule has 0 aromatic heterocycles. The third-order valence-electron chi connectivity index (χ3n) is 3.47. The van der Waals surface area contributed by atoms with Gasteiger partial charge in [-0.1, -0.05) is 0 Å². The van der Waals surface area contributed by atoms with E-state index in [9.17, 15) is 9.90 Å². The first-order chi connectivity index (χ1) is 9.02. The first kappa shape index (κ1) is 13.7. The second kappa shape index (κ2) is 5.51. The summed E-state index contributed by atoms with van der Waals surface area (Å²) in [7, 11) is 1.55. The highest BCUT2D eigenvalue weighted by atomic mass is 16.5. The number of carbonyl (C=O) groups is 1. The molecule has 0 unspecified atom stereocenters. The maximum atomic E-state index is 12.5. The summed E-state index contributed by atoms with van der Waals surface area (Å²) in [6, 6.07) is 4.87. The van der Waals surface area contributed by atoms with E-state index in [1.54, 1.807) is 19.2 Å². The van der Waals surface area contributed by atoms with Crippen molar-refractivity contribution in [3.8, 4) is 11.5 Å². The third-order valence-corrected chi connectivity index (χ3v) is 3.47. The quantitative estimate of drug-likeness (QED) is 0.888. The molecule has 1 aliphatic rings. The molecule has 1 aromatic rings. The van der Waals surface area contributed by atoms with Crippen molar-refractivity contribution in [1.82, 2.24) is 4.90 Å². The van der Waals surface area contributed by atoms with Gasteiger partial charge in [-0.25, -0.2) is 0 Å². The van der Waals surface area contributed by atoms with Crippen molar-refractivity contribution in [1.29, 1.82) is 0 Å². The van der Waals surface area contributed by atoms with Crippen LogP contribution >= 0.6 is 0 Å². The average molecular weight is 263 g/mol. The SMILES string of the molecule is COc1ccc(O)c(C(=O)N(CC2CC2)C(C)C)c1. The topological polar surface area (TPSA) is 49.8 Å². The Bertz CT molecular complexity index is 466. The molecule has 0 bridgehead atoms. The normalized spacial score (nSPS) is 14.5. The first-order valence-electron chi connectivity index (χ1n) is 6.71. The van der Waals surface area contributed by atoms with Gasteiger partial charge in [-0.3, -0.25) is 4.79 Å². The van der Waals surface area contributed by atoms with Gasteiger partial charge in [0.05, 0.1) is 12.7 Å². The van der Waals surface area contributed by atoms with Gasteiger partial charge in [0.1, 0.15) is 11.5 Å². The molecular weight excluding hydrogens is 242 g/mol. The van der Waals surface area contributed by atoms with Gasteiger partial charge in [-0.05, 0) is 50.8 Å². The maximum absolute atomic E-state index is 12.5. The molecule has 2 rings (SSSR count). The van der Waals surface area contributed by atoms with Crippen LogP contribution in [0.4, 0.5) is 0 Å². The van der Waals surface area contributed by atoms with Crippen LogP contribution in [0.1, 0.15) is 37.0 Å². The second-order valence-electron chi connectivity index (χ2n) is 5.38. The molecule has 0 aliphatic heterocycles. The number of phenols is 1. The first-order valence-corrected chi connectivity index (χ1v) is 6.71. The highest BCUT2D eigenvalue weighted by Gasteiger charge is 2.29. The molecule has 4 nitrogen and oxygen atoms in total. The van der Waals surface area contributed by atoms with Crippen molar-refractivity contribution < 1.29 is 14.6 Å². The van der Waals surface area contributed by atoms with Crippen molar-refractivity contribution >= 4 is 5.91 Å². The van der Waals surface area contributed by atoms with Gasteiger partial charge in [0, 0.05) is 12.6 Å². The Morgan fingerprint density at radius 3 is 2.68 bits per heavy atom. The fraction of sp³-hybridized carbons (Fsp3) is 0.533. The van der Waals surface area contributed by atoms with E-state index < -0.39 is 0 Å². The van der Waals surface area contributed by atoms with Crippen LogP contribution in [0.3, 0.4) is 0 Å². The summed E-state index contributed by atoms with van der Waals surface area (Å²) in [5.41, 5.74) is 0.314. The van der Waals surface area contributed by atoms with Crippen LogP contribution in [-0.4, -0.2) is 35.6 Å². The Kier molecular flexibility index (Phi) is 3.98. The fourth-order valence-corrected chi connectivity index (χ4v) is 2.07. The van der Waals surface area contributed by atoms with Gasteiger partial charge >= 0.3 is 0 Å². The van der Waals surface area contributed by atoms with Gasteiger partial charge in [0.2, 0.25) is 0 Å². The molecule has 0 saturated heterocycles. The molecule has 1 aliphatic carbocycles. The summed E-state index contributed by atoms with van der Waals surface area (Å²) in [6.45, 7) is 4.77. The van der Waals surface area contributed by atoms with Crippen LogP contribution in [0.25, 0.3) is 0 Å². The maximum Gasteiger partial charge on any atom is 0.257 e. The van der Waals surface area contributed by atoms with Crippen LogP contribution in [0.5, 0.6) is 11.5 Å². The molecular formula is C15H21NO3. The predicted molar refractivity (Wildman–Crippen MR) is 73.6 cm³/mol. The zero-order valence-corrected chi connectivity index (χ0v) is 11.7. The fourth-order valence-electron chi connectivity index (χ4n) is 2.07. The van der Waals surface area contributed by atoms with Gasteiger partial charge in [-0.2, -0.15) is 0 Å². The monoisotopic (exact) mass is 263 g/mol. The number of methoxy groups -OCH3 is 1. The second-order valence-corrected chi connectivity index (χ2v) is 5.38. The Labute approximate surface area is 114 Å². The lowest BCUT2D eigenvalue weighted by molar-refractivity contribution is 0.0693. The van der Waals surface area contributed by atoms with Crippen molar-refractivity contribution in [2.45, 2.75) is 32.7 Å². The Balaban J connectivity index is 2.24. The highest BCUT2D eigenvalue weighted by Crippen LogP contribution is 2.32. The Hall–Kier alpha value is -1.71. The predicted octanol–water partition coefficient (Wildman–Crippen LogP) is 2.66. The highest BCUT2D eigenvalue weighted by molar-refractivity contribution is 5.97. The van der Waals surface area contributed by atoms with Crippen LogP contribution in [0.2, 0.25) is 0 Å². The number of aromatic hydroxyl groups is 1. The van der Waals surface area contributed by atoms with Gasteiger partial charge in [0.25, 0.3) is 5.91 Å². The molecule has 1 N–H and O–H groups in total. The third kappa shape index (κ3) is 3.19. The zero-order chi connectivity index (χ0) is 14.0. The van der Waals surface area contributed by atoms with E-state index in [-0.39, 0.29) is 17.7 Å². The lowest BCUT2D eigenvalue weighted by atomic mass is 10.1. The van der Waals surface area contributed by atoms with Crippen LogP contribution in [0.15, 0.2) is 18.2 Å². The number of phenolic OH excluding ortho intramolecular Hbond substituents is 1. The van der Waals surface area contributed by atoms with Gasteiger partial charge < -0.3 is 14.7 Å². The molecule has 19 heavy (non-hydrogen) atoms. The summed E-state index contributed by atoms with van der Waals surface area (Å²) < 4.78 is 5.11. The van der Waals surface area contributed by atoms with E-state index in [4.69, 9.17) is 4.74 Å². The summed E-state index contributed by atoms with van der Waals surface area (Å²) >= 11 is 0. The molecule has 1 amide bonds. The van der Waals surface area contributed by atoms with Gasteiger partial charge in [0.15, 0.2) is 0 Å². The molecule has 0 spiro atoms. The van der Waals surface area contributed by atoms with Crippen LogP contribution < -0.4 is 4.74 Å². The number of ether oxygens (including phenoxy) is 1. The minimum Gasteiger partial charge on any atom is -0.507 e. The standard InChI is InChI=1S/C15H21NO3/c1-10(2)16(9-11-4-5-11)15(18)13-8-12(19-3)6-7-14(13)17/h6-8,10-11,17H,4-5,9H2,1-3H3. The number of carbonyl (C=O) groups excluding carboxylic acids is 1. The average Bonchev–Trinajstić information content (AvgIpc) is 3.19. The van der Waals surface area contributed by atoms with Crippen molar-refractivity contribution in [2.24, 2.45) is 5.92 Å². The van der Waals surface area contributed by atoms with E-state index in [1.807, 2.05) is 18.7 Å². The summed E-state index contributed by atoms with van der Waals surface area (Å²) in [4.78, 5) is 14.4. The van der Waals surface area contributed by atoms with E-state index in [2.05, 4.69) is 0 Å². The van der Waals surface area contributed by atoms with E-state index >= 15 is 0 Å². The molecule has 4 heteroatoms. The number of nitrogens with zero attached hydrogens (tertiary/aromatic N) is 1. The zero-order valence-electron chi connectivity index (χ0n) is 11.7. The molecule has 0 atom stereocenters. The van der Waals surface area contributed by atoms with E-state index in [0.717, 1.165) is 6.54 Å². The minimum atomic E-state index is -0.127. The van der Waals surface area contributed by atoms with Crippen molar-refractivity contribution in [3.05, 3.63) is 23.8 Å².